The monoisotopic (exact) mass is 252 g/mol. The topological polar surface area (TPSA) is 54.0 Å². The number of benzene rings is 1. The van der Waals surface area contributed by atoms with E-state index in [4.69, 9.17) is 16.4 Å². The highest BCUT2D eigenvalue weighted by Crippen LogP contribution is 2.49. The summed E-state index contributed by atoms with van der Waals surface area (Å²) in [5.41, 5.74) is 0. The largest absolute Gasteiger partial charge is 0.529 e. The van der Waals surface area contributed by atoms with Crippen LogP contribution in [0.15, 0.2) is 24.3 Å². The maximum absolute atomic E-state index is 11.6. The van der Waals surface area contributed by atoms with E-state index in [1.165, 1.54) is 20.3 Å². The first-order valence-electron chi connectivity index (χ1n) is 3.94. The van der Waals surface area contributed by atoms with Gasteiger partial charge in [0, 0.05) is 14.2 Å². The first kappa shape index (κ1) is 12.3. The van der Waals surface area contributed by atoms with Crippen LogP contribution in [0.3, 0.4) is 0 Å². The predicted molar refractivity (Wildman–Crippen MR) is 55.2 cm³/mol. The molecule has 84 valence electrons. The van der Waals surface area contributed by atoms with Gasteiger partial charge >= 0.3 is 7.82 Å². The second-order valence-corrected chi connectivity index (χ2v) is 4.39. The molecule has 0 fully saturated rings. The zero-order valence-corrected chi connectivity index (χ0v) is 9.83. The molecule has 0 heterocycles. The molecule has 1 aromatic carbocycles. The summed E-state index contributed by atoms with van der Waals surface area (Å²) in [5.74, 6) is 0.410. The minimum absolute atomic E-state index is 0.180. The van der Waals surface area contributed by atoms with Crippen molar-refractivity contribution in [2.75, 3.05) is 14.2 Å². The third kappa shape index (κ3) is 3.11. The predicted octanol–water partition coefficient (Wildman–Crippen LogP) is 3.00. The van der Waals surface area contributed by atoms with Crippen molar-refractivity contribution in [2.45, 2.75) is 0 Å². The van der Waals surface area contributed by atoms with Gasteiger partial charge in [-0.05, 0) is 12.1 Å². The summed E-state index contributed by atoms with van der Waals surface area (Å²) in [7, 11) is -1.15. The van der Waals surface area contributed by atoms with Crippen LogP contribution in [0.4, 0.5) is 0 Å². The number of hydrogen-bond donors (Lipinski definition) is 0. The lowest BCUT2D eigenvalue weighted by Crippen LogP contribution is -1.97. The molecule has 0 bridgehead atoms. The minimum Gasteiger partial charge on any atom is -0.400 e. The maximum atomic E-state index is 11.6. The molecular formula is C8H10ClO5P. The van der Waals surface area contributed by atoms with Crippen LogP contribution in [0.1, 0.15) is 0 Å². The summed E-state index contributed by atoms with van der Waals surface area (Å²) in [4.78, 5) is 0. The van der Waals surface area contributed by atoms with Crippen molar-refractivity contribution in [3.05, 3.63) is 24.3 Å². The molecule has 0 amide bonds. The Kier molecular flexibility index (Phi) is 4.42. The Bertz CT molecular complexity index is 362. The lowest BCUT2D eigenvalue weighted by Gasteiger charge is -2.15. The van der Waals surface area contributed by atoms with Crippen LogP contribution < -0.4 is 8.81 Å². The molecule has 0 unspecified atom stereocenters. The third-order valence-electron chi connectivity index (χ3n) is 1.59. The van der Waals surface area contributed by atoms with Crippen molar-refractivity contribution in [1.29, 1.82) is 0 Å². The quantitative estimate of drug-likeness (QED) is 0.754. The van der Waals surface area contributed by atoms with Crippen molar-refractivity contribution >= 4 is 19.7 Å². The Hall–Kier alpha value is -0.740. The average Bonchev–Trinajstić information content (AvgIpc) is 2.29. The molecule has 15 heavy (non-hydrogen) atoms. The van der Waals surface area contributed by atoms with Gasteiger partial charge in [0.2, 0.25) is 0 Å². The van der Waals surface area contributed by atoms with Crippen LogP contribution in [0.5, 0.6) is 11.5 Å². The Balaban J connectivity index is 2.93. The van der Waals surface area contributed by atoms with Crippen LogP contribution >= 0.6 is 19.7 Å². The molecule has 0 aliphatic heterocycles. The van der Waals surface area contributed by atoms with Gasteiger partial charge in [0.1, 0.15) is 11.9 Å². The van der Waals surface area contributed by atoms with Crippen molar-refractivity contribution in [3.8, 4) is 11.5 Å². The Morgan fingerprint density at radius 3 is 2.13 bits per heavy atom. The summed E-state index contributed by atoms with van der Waals surface area (Å²) >= 11 is 5.20. The Morgan fingerprint density at radius 1 is 1.13 bits per heavy atom. The molecule has 7 heteroatoms. The number of phosphoric acid groups is 1. The summed E-state index contributed by atoms with van der Waals surface area (Å²) in [6.07, 6.45) is 0. The highest BCUT2D eigenvalue weighted by molar-refractivity contribution is 7.48. The molecule has 0 spiro atoms. The molecule has 1 aromatic rings. The van der Waals surface area contributed by atoms with Crippen LogP contribution in [-0.4, -0.2) is 14.2 Å². The van der Waals surface area contributed by atoms with E-state index in [0.29, 0.717) is 0 Å². The SMILES string of the molecule is COP(=O)(OC)Oc1ccccc1OCl. The van der Waals surface area contributed by atoms with E-state index >= 15 is 0 Å². The molecule has 0 N–H and O–H groups in total. The summed E-state index contributed by atoms with van der Waals surface area (Å²) in [6, 6.07) is 6.44. The highest BCUT2D eigenvalue weighted by Gasteiger charge is 2.26. The van der Waals surface area contributed by atoms with Gasteiger partial charge in [0.25, 0.3) is 0 Å². The number of para-hydroxylation sites is 2. The number of hydrogen-bond acceptors (Lipinski definition) is 5. The summed E-state index contributed by atoms with van der Waals surface area (Å²) < 4.78 is 30.3. The van der Waals surface area contributed by atoms with Crippen LogP contribution in [0.2, 0.25) is 0 Å². The molecule has 0 radical (unpaired) electrons. The zero-order chi connectivity index (χ0) is 11.3. The van der Waals surface area contributed by atoms with Gasteiger partial charge in [-0.2, -0.15) is 0 Å². The lowest BCUT2D eigenvalue weighted by atomic mass is 10.3. The molecule has 0 atom stereocenters. The standard InChI is InChI=1S/C8H10ClO5P/c1-11-15(10,12-2)14-8-6-4-3-5-7(8)13-9/h3-6H,1-2H3. The summed E-state index contributed by atoms with van der Waals surface area (Å²) in [6.45, 7) is 0. The number of halogens is 1. The van der Waals surface area contributed by atoms with Crippen molar-refractivity contribution in [1.82, 2.24) is 0 Å². The van der Waals surface area contributed by atoms with Crippen LogP contribution in [0, 0.1) is 0 Å². The number of phosphoric ester groups is 1. The molecule has 0 aliphatic rings. The zero-order valence-electron chi connectivity index (χ0n) is 8.18. The fourth-order valence-corrected chi connectivity index (χ4v) is 1.68. The minimum atomic E-state index is -3.58. The number of rotatable bonds is 5. The molecule has 0 aromatic heterocycles. The molecule has 1 rings (SSSR count). The normalized spacial score (nSPS) is 11.1. The summed E-state index contributed by atoms with van der Waals surface area (Å²) in [5, 5.41) is 0. The van der Waals surface area contributed by atoms with Gasteiger partial charge < -0.3 is 8.81 Å². The lowest BCUT2D eigenvalue weighted by molar-refractivity contribution is 0.210. The van der Waals surface area contributed by atoms with E-state index in [2.05, 4.69) is 13.3 Å². The Labute approximate surface area is 92.6 Å². The van der Waals surface area contributed by atoms with Gasteiger partial charge in [-0.1, -0.05) is 12.1 Å². The van der Waals surface area contributed by atoms with Crippen molar-refractivity contribution in [2.24, 2.45) is 0 Å². The smallest absolute Gasteiger partial charge is 0.400 e. The molecule has 0 saturated heterocycles. The fourth-order valence-electron chi connectivity index (χ4n) is 0.859. The maximum Gasteiger partial charge on any atom is 0.529 e. The van der Waals surface area contributed by atoms with E-state index < -0.39 is 7.82 Å². The van der Waals surface area contributed by atoms with Gasteiger partial charge in [-0.15, -0.1) is 0 Å². The molecule has 5 nitrogen and oxygen atoms in total. The molecule has 0 saturated carbocycles. The second-order valence-electron chi connectivity index (χ2n) is 2.43. The average molecular weight is 253 g/mol. The highest BCUT2D eigenvalue weighted by atomic mass is 35.5. The van der Waals surface area contributed by atoms with Crippen LogP contribution in [0.25, 0.3) is 0 Å². The fraction of sp³-hybridized carbons (Fsp3) is 0.250. The molecular weight excluding hydrogens is 243 g/mol. The van der Waals surface area contributed by atoms with E-state index in [-0.39, 0.29) is 11.5 Å². The van der Waals surface area contributed by atoms with Crippen molar-refractivity contribution < 1.29 is 22.4 Å². The van der Waals surface area contributed by atoms with Gasteiger partial charge in [-0.25, -0.2) is 4.57 Å². The van der Waals surface area contributed by atoms with E-state index in [1.54, 1.807) is 18.2 Å². The van der Waals surface area contributed by atoms with E-state index in [1.807, 2.05) is 0 Å². The van der Waals surface area contributed by atoms with Gasteiger partial charge in [0.05, 0.1) is 0 Å². The first-order chi connectivity index (χ1) is 7.15. The second kappa shape index (κ2) is 5.37. The van der Waals surface area contributed by atoms with Crippen LogP contribution in [-0.2, 0) is 13.6 Å². The first-order valence-corrected chi connectivity index (χ1v) is 5.71. The van der Waals surface area contributed by atoms with E-state index in [0.717, 1.165) is 0 Å². The van der Waals surface area contributed by atoms with Gasteiger partial charge in [0.15, 0.2) is 11.5 Å². The molecule has 0 aliphatic carbocycles. The van der Waals surface area contributed by atoms with E-state index in [9.17, 15) is 4.57 Å². The Morgan fingerprint density at radius 2 is 1.67 bits per heavy atom. The third-order valence-corrected chi connectivity index (χ3v) is 3.07. The van der Waals surface area contributed by atoms with Crippen molar-refractivity contribution in [3.63, 3.8) is 0 Å². The van der Waals surface area contributed by atoms with Gasteiger partial charge in [-0.3, -0.25) is 9.05 Å².